The SMILES string of the molecule is CN1CCN(C(=O)C2CCC(=O)NC2)C(CN)C1. The van der Waals surface area contributed by atoms with Crippen molar-refractivity contribution in [1.82, 2.24) is 15.1 Å². The Morgan fingerprint density at radius 2 is 2.28 bits per heavy atom. The van der Waals surface area contributed by atoms with Crippen molar-refractivity contribution in [1.29, 1.82) is 0 Å². The molecule has 2 fully saturated rings. The normalized spacial score (nSPS) is 30.1. The number of piperidine rings is 1. The Labute approximate surface area is 107 Å². The first-order valence-electron chi connectivity index (χ1n) is 6.57. The highest BCUT2D eigenvalue weighted by Gasteiger charge is 2.33. The summed E-state index contributed by atoms with van der Waals surface area (Å²) in [4.78, 5) is 27.6. The summed E-state index contributed by atoms with van der Waals surface area (Å²) in [7, 11) is 2.05. The van der Waals surface area contributed by atoms with Gasteiger partial charge in [-0.3, -0.25) is 9.59 Å². The molecular formula is C12H22N4O2. The molecule has 6 heteroatoms. The minimum absolute atomic E-state index is 0.0489. The molecule has 0 aliphatic carbocycles. The second-order valence-corrected chi connectivity index (χ2v) is 5.22. The van der Waals surface area contributed by atoms with Crippen LogP contribution < -0.4 is 11.1 Å². The van der Waals surface area contributed by atoms with Gasteiger partial charge in [0, 0.05) is 39.1 Å². The number of nitrogens with zero attached hydrogens (tertiary/aromatic N) is 2. The maximum Gasteiger partial charge on any atom is 0.227 e. The first-order valence-corrected chi connectivity index (χ1v) is 6.57. The zero-order valence-electron chi connectivity index (χ0n) is 10.9. The van der Waals surface area contributed by atoms with Crippen LogP contribution in [0.25, 0.3) is 0 Å². The Balaban J connectivity index is 1.96. The summed E-state index contributed by atoms with van der Waals surface area (Å²) in [5.41, 5.74) is 5.75. The highest BCUT2D eigenvalue weighted by molar-refractivity contribution is 5.84. The van der Waals surface area contributed by atoms with Crippen molar-refractivity contribution < 1.29 is 9.59 Å². The first kappa shape index (κ1) is 13.3. The monoisotopic (exact) mass is 254 g/mol. The van der Waals surface area contributed by atoms with Crippen molar-refractivity contribution in [2.75, 3.05) is 39.8 Å². The molecule has 0 saturated carbocycles. The molecule has 0 aromatic rings. The lowest BCUT2D eigenvalue weighted by atomic mass is 9.96. The van der Waals surface area contributed by atoms with Gasteiger partial charge in [0.1, 0.15) is 0 Å². The van der Waals surface area contributed by atoms with Gasteiger partial charge in [-0.15, -0.1) is 0 Å². The number of carbonyl (C=O) groups is 2. The molecule has 2 aliphatic rings. The van der Waals surface area contributed by atoms with Crippen LogP contribution in [0.5, 0.6) is 0 Å². The van der Waals surface area contributed by atoms with E-state index in [1.807, 2.05) is 11.9 Å². The topological polar surface area (TPSA) is 78.7 Å². The molecule has 2 aliphatic heterocycles. The molecule has 2 unspecified atom stereocenters. The molecule has 0 bridgehead atoms. The summed E-state index contributed by atoms with van der Waals surface area (Å²) in [6.45, 7) is 3.43. The van der Waals surface area contributed by atoms with E-state index >= 15 is 0 Å². The van der Waals surface area contributed by atoms with Crippen LogP contribution in [0.4, 0.5) is 0 Å². The molecule has 2 atom stereocenters. The molecule has 2 saturated heterocycles. The quantitative estimate of drug-likeness (QED) is 0.636. The Morgan fingerprint density at radius 3 is 2.89 bits per heavy atom. The van der Waals surface area contributed by atoms with E-state index in [1.54, 1.807) is 0 Å². The summed E-state index contributed by atoms with van der Waals surface area (Å²) < 4.78 is 0. The number of rotatable bonds is 2. The van der Waals surface area contributed by atoms with Gasteiger partial charge < -0.3 is 20.9 Å². The fraction of sp³-hybridized carbons (Fsp3) is 0.833. The van der Waals surface area contributed by atoms with E-state index < -0.39 is 0 Å². The molecule has 18 heavy (non-hydrogen) atoms. The number of piperazine rings is 1. The number of hydrogen-bond donors (Lipinski definition) is 2. The number of nitrogens with two attached hydrogens (primary N) is 1. The van der Waals surface area contributed by atoms with Crippen LogP contribution in [0.2, 0.25) is 0 Å². The highest BCUT2D eigenvalue weighted by atomic mass is 16.2. The summed E-state index contributed by atoms with van der Waals surface area (Å²) in [6.07, 6.45) is 1.12. The van der Waals surface area contributed by atoms with Crippen molar-refractivity contribution in [3.05, 3.63) is 0 Å². The van der Waals surface area contributed by atoms with Crippen LogP contribution in [0.15, 0.2) is 0 Å². The predicted octanol–water partition coefficient (Wildman–Crippen LogP) is -1.39. The van der Waals surface area contributed by atoms with Gasteiger partial charge in [0.15, 0.2) is 0 Å². The van der Waals surface area contributed by atoms with E-state index in [1.165, 1.54) is 0 Å². The average molecular weight is 254 g/mol. The van der Waals surface area contributed by atoms with Crippen LogP contribution in [-0.2, 0) is 9.59 Å². The van der Waals surface area contributed by atoms with E-state index in [0.717, 1.165) is 19.6 Å². The van der Waals surface area contributed by atoms with Crippen molar-refractivity contribution in [3.8, 4) is 0 Å². The van der Waals surface area contributed by atoms with E-state index in [0.29, 0.717) is 25.9 Å². The third kappa shape index (κ3) is 2.81. The molecular weight excluding hydrogens is 232 g/mol. The van der Waals surface area contributed by atoms with Gasteiger partial charge in [0.05, 0.1) is 12.0 Å². The van der Waals surface area contributed by atoms with Gasteiger partial charge in [-0.1, -0.05) is 0 Å². The highest BCUT2D eigenvalue weighted by Crippen LogP contribution is 2.17. The van der Waals surface area contributed by atoms with E-state index in [4.69, 9.17) is 5.73 Å². The molecule has 0 aromatic heterocycles. The predicted molar refractivity (Wildman–Crippen MR) is 67.8 cm³/mol. The number of carbonyl (C=O) groups excluding carboxylic acids is 2. The van der Waals surface area contributed by atoms with Crippen LogP contribution in [0.1, 0.15) is 12.8 Å². The summed E-state index contributed by atoms with van der Waals surface area (Å²) >= 11 is 0. The Morgan fingerprint density at radius 1 is 1.50 bits per heavy atom. The smallest absolute Gasteiger partial charge is 0.227 e. The van der Waals surface area contributed by atoms with E-state index in [9.17, 15) is 9.59 Å². The third-order valence-electron chi connectivity index (χ3n) is 3.86. The van der Waals surface area contributed by atoms with Crippen LogP contribution >= 0.6 is 0 Å². The van der Waals surface area contributed by atoms with Gasteiger partial charge in [0.25, 0.3) is 0 Å². The number of amides is 2. The van der Waals surface area contributed by atoms with Gasteiger partial charge in [-0.2, -0.15) is 0 Å². The maximum absolute atomic E-state index is 12.4. The summed E-state index contributed by atoms with van der Waals surface area (Å²) in [6, 6.07) is 0.105. The summed E-state index contributed by atoms with van der Waals surface area (Å²) in [5, 5.41) is 2.77. The lowest BCUT2D eigenvalue weighted by Crippen LogP contribution is -2.59. The molecule has 0 aromatic carbocycles. The van der Waals surface area contributed by atoms with Gasteiger partial charge in [-0.05, 0) is 13.5 Å². The molecule has 0 radical (unpaired) electrons. The number of likely N-dealkylation sites (N-methyl/N-ethyl adjacent to an activating group) is 1. The van der Waals surface area contributed by atoms with E-state index in [2.05, 4.69) is 10.2 Å². The van der Waals surface area contributed by atoms with Crippen molar-refractivity contribution >= 4 is 11.8 Å². The fourth-order valence-corrected chi connectivity index (χ4v) is 2.68. The lowest BCUT2D eigenvalue weighted by molar-refractivity contribution is -0.141. The molecule has 2 heterocycles. The molecule has 3 N–H and O–H groups in total. The second kappa shape index (κ2) is 5.67. The molecule has 0 spiro atoms. The third-order valence-corrected chi connectivity index (χ3v) is 3.86. The Kier molecular flexibility index (Phi) is 4.19. The fourth-order valence-electron chi connectivity index (χ4n) is 2.68. The van der Waals surface area contributed by atoms with Crippen molar-refractivity contribution in [3.63, 3.8) is 0 Å². The van der Waals surface area contributed by atoms with Gasteiger partial charge in [-0.25, -0.2) is 0 Å². The Hall–Kier alpha value is -1.14. The molecule has 2 rings (SSSR count). The van der Waals surface area contributed by atoms with E-state index in [-0.39, 0.29) is 23.8 Å². The van der Waals surface area contributed by atoms with Gasteiger partial charge >= 0.3 is 0 Å². The average Bonchev–Trinajstić information content (AvgIpc) is 2.38. The maximum atomic E-state index is 12.4. The first-order chi connectivity index (χ1) is 8.61. The molecule has 2 amide bonds. The lowest BCUT2D eigenvalue weighted by Gasteiger charge is -2.41. The van der Waals surface area contributed by atoms with Crippen LogP contribution in [0.3, 0.4) is 0 Å². The standard InChI is InChI=1S/C12H22N4O2/c1-15-4-5-16(10(6-13)8-15)12(18)9-2-3-11(17)14-7-9/h9-10H,2-8,13H2,1H3,(H,14,17). The largest absolute Gasteiger partial charge is 0.355 e. The second-order valence-electron chi connectivity index (χ2n) is 5.22. The number of nitrogens with one attached hydrogen (secondary N) is 1. The molecule has 102 valence electrons. The zero-order valence-corrected chi connectivity index (χ0v) is 10.9. The van der Waals surface area contributed by atoms with Crippen molar-refractivity contribution in [2.24, 2.45) is 11.7 Å². The Bertz CT molecular complexity index is 324. The van der Waals surface area contributed by atoms with Crippen LogP contribution in [-0.4, -0.2) is 67.4 Å². The van der Waals surface area contributed by atoms with Gasteiger partial charge in [0.2, 0.25) is 11.8 Å². The minimum Gasteiger partial charge on any atom is -0.355 e. The zero-order chi connectivity index (χ0) is 13.1. The van der Waals surface area contributed by atoms with Crippen molar-refractivity contribution in [2.45, 2.75) is 18.9 Å². The van der Waals surface area contributed by atoms with Crippen LogP contribution in [0, 0.1) is 5.92 Å². The number of hydrogen-bond acceptors (Lipinski definition) is 4. The summed E-state index contributed by atoms with van der Waals surface area (Å²) in [5.74, 6) is 0.131. The minimum atomic E-state index is -0.0693. The molecule has 6 nitrogen and oxygen atoms in total.